The standard InChI is InChI=1S/C17H15N3/c1-3-20-16(7-5-14(11-18)12-19)8-6-15-10-13(2)4-9-17(15)20/h4-10H,3H2,1-2H3/b16-7+. The number of hydrogen-bond donors (Lipinski definition) is 0. The molecule has 98 valence electrons. The maximum absolute atomic E-state index is 8.77. The van der Waals surface area contributed by atoms with E-state index in [-0.39, 0.29) is 5.57 Å². The summed E-state index contributed by atoms with van der Waals surface area (Å²) in [5.74, 6) is 0. The summed E-state index contributed by atoms with van der Waals surface area (Å²) in [6.45, 7) is 4.98. The van der Waals surface area contributed by atoms with Gasteiger partial charge >= 0.3 is 0 Å². The van der Waals surface area contributed by atoms with E-state index in [2.05, 4.69) is 43.0 Å². The molecule has 1 heterocycles. The van der Waals surface area contributed by atoms with Gasteiger partial charge in [0.1, 0.15) is 17.7 Å². The molecule has 20 heavy (non-hydrogen) atoms. The van der Waals surface area contributed by atoms with Crippen LogP contribution in [0.2, 0.25) is 0 Å². The van der Waals surface area contributed by atoms with Crippen molar-refractivity contribution in [3.05, 3.63) is 58.8 Å². The zero-order valence-corrected chi connectivity index (χ0v) is 11.6. The lowest BCUT2D eigenvalue weighted by molar-refractivity contribution is 0.970. The Morgan fingerprint density at radius 2 is 2.00 bits per heavy atom. The van der Waals surface area contributed by atoms with Crippen LogP contribution in [0.25, 0.3) is 6.08 Å². The molecular formula is C17H15N3. The first-order valence-corrected chi connectivity index (χ1v) is 6.48. The Bertz CT molecular complexity index is 678. The Kier molecular flexibility index (Phi) is 4.03. The average Bonchev–Trinajstić information content (AvgIpc) is 2.47. The Balaban J connectivity index is 2.44. The van der Waals surface area contributed by atoms with Crippen molar-refractivity contribution < 1.29 is 0 Å². The molecule has 0 spiro atoms. The van der Waals surface area contributed by atoms with E-state index < -0.39 is 0 Å². The first-order valence-electron chi connectivity index (χ1n) is 6.48. The molecule has 0 saturated carbocycles. The minimum Gasteiger partial charge on any atom is -0.341 e. The van der Waals surface area contributed by atoms with Crippen molar-refractivity contribution in [3.63, 3.8) is 0 Å². The summed E-state index contributed by atoms with van der Waals surface area (Å²) in [5, 5.41) is 17.5. The molecule has 0 N–H and O–H groups in total. The van der Waals surface area contributed by atoms with E-state index in [4.69, 9.17) is 10.5 Å². The second-order valence-electron chi connectivity index (χ2n) is 4.54. The summed E-state index contributed by atoms with van der Waals surface area (Å²) in [5.41, 5.74) is 4.65. The molecule has 1 aromatic carbocycles. The van der Waals surface area contributed by atoms with Gasteiger partial charge in [-0.05, 0) is 49.8 Å². The molecule has 0 bridgehead atoms. The van der Waals surface area contributed by atoms with Crippen molar-refractivity contribution in [2.45, 2.75) is 13.8 Å². The maximum Gasteiger partial charge on any atom is 0.129 e. The van der Waals surface area contributed by atoms with E-state index >= 15 is 0 Å². The minimum absolute atomic E-state index is 0.108. The monoisotopic (exact) mass is 261 g/mol. The highest BCUT2D eigenvalue weighted by atomic mass is 15.1. The van der Waals surface area contributed by atoms with Gasteiger partial charge in [0.15, 0.2) is 0 Å². The Morgan fingerprint density at radius 3 is 2.65 bits per heavy atom. The van der Waals surface area contributed by atoms with Gasteiger partial charge < -0.3 is 4.90 Å². The first kappa shape index (κ1) is 13.6. The SMILES string of the molecule is CCN1/C(=C/C=C(C#N)C#N)C=Cc2cc(C)ccc21. The maximum atomic E-state index is 8.77. The highest BCUT2D eigenvalue weighted by Crippen LogP contribution is 2.31. The van der Waals surface area contributed by atoms with Crippen LogP contribution < -0.4 is 4.90 Å². The van der Waals surface area contributed by atoms with Crippen LogP contribution in [0.3, 0.4) is 0 Å². The largest absolute Gasteiger partial charge is 0.341 e. The van der Waals surface area contributed by atoms with Crippen molar-refractivity contribution in [2.24, 2.45) is 0 Å². The van der Waals surface area contributed by atoms with Crippen LogP contribution in [0.15, 0.2) is 47.7 Å². The van der Waals surface area contributed by atoms with Crippen molar-refractivity contribution in [1.82, 2.24) is 0 Å². The Hall–Kier alpha value is -2.78. The number of allylic oxidation sites excluding steroid dienone is 4. The number of anilines is 1. The Morgan fingerprint density at radius 1 is 1.25 bits per heavy atom. The average molecular weight is 261 g/mol. The van der Waals surface area contributed by atoms with E-state index in [1.807, 2.05) is 24.3 Å². The summed E-state index contributed by atoms with van der Waals surface area (Å²) in [7, 11) is 0. The highest BCUT2D eigenvalue weighted by molar-refractivity contribution is 5.77. The molecule has 0 aromatic heterocycles. The molecule has 0 radical (unpaired) electrons. The fraction of sp³-hybridized carbons (Fsp3) is 0.176. The molecule has 0 unspecified atom stereocenters. The number of rotatable bonds is 2. The third-order valence-corrected chi connectivity index (χ3v) is 3.20. The highest BCUT2D eigenvalue weighted by Gasteiger charge is 2.15. The van der Waals surface area contributed by atoms with Gasteiger partial charge in [-0.25, -0.2) is 0 Å². The third kappa shape index (κ3) is 2.63. The number of nitriles is 2. The second kappa shape index (κ2) is 5.91. The van der Waals surface area contributed by atoms with Gasteiger partial charge in [-0.3, -0.25) is 0 Å². The third-order valence-electron chi connectivity index (χ3n) is 3.20. The fourth-order valence-corrected chi connectivity index (χ4v) is 2.22. The van der Waals surface area contributed by atoms with Gasteiger partial charge in [-0.2, -0.15) is 10.5 Å². The van der Waals surface area contributed by atoms with Crippen molar-refractivity contribution >= 4 is 11.8 Å². The number of nitrogens with zero attached hydrogens (tertiary/aromatic N) is 3. The molecule has 3 heteroatoms. The van der Waals surface area contributed by atoms with Crippen molar-refractivity contribution in [3.8, 4) is 12.1 Å². The first-order chi connectivity index (χ1) is 9.69. The number of aryl methyl sites for hydroxylation is 1. The minimum atomic E-state index is 0.108. The molecule has 0 saturated heterocycles. The smallest absolute Gasteiger partial charge is 0.129 e. The van der Waals surface area contributed by atoms with Crippen LogP contribution in [0, 0.1) is 29.6 Å². The van der Waals surface area contributed by atoms with Crippen LogP contribution in [0.5, 0.6) is 0 Å². The number of hydrogen-bond acceptors (Lipinski definition) is 3. The van der Waals surface area contributed by atoms with Crippen LogP contribution in [-0.4, -0.2) is 6.54 Å². The van der Waals surface area contributed by atoms with Gasteiger partial charge in [0.05, 0.1) is 0 Å². The van der Waals surface area contributed by atoms with Crippen molar-refractivity contribution in [2.75, 3.05) is 11.4 Å². The van der Waals surface area contributed by atoms with Crippen LogP contribution in [0.1, 0.15) is 18.1 Å². The number of likely N-dealkylation sites (N-methyl/N-ethyl adjacent to an activating group) is 1. The molecule has 0 fully saturated rings. The normalized spacial score (nSPS) is 14.4. The summed E-state index contributed by atoms with van der Waals surface area (Å²) in [4.78, 5) is 2.16. The molecule has 0 amide bonds. The predicted octanol–water partition coefficient (Wildman–Crippen LogP) is 3.71. The number of fused-ring (bicyclic) bond motifs is 1. The molecule has 0 aliphatic carbocycles. The molecule has 1 aliphatic rings. The zero-order chi connectivity index (χ0) is 14.5. The van der Waals surface area contributed by atoms with E-state index in [1.54, 1.807) is 6.08 Å². The lowest BCUT2D eigenvalue weighted by Gasteiger charge is -2.29. The zero-order valence-electron chi connectivity index (χ0n) is 11.6. The quantitative estimate of drug-likeness (QED) is 0.763. The lowest BCUT2D eigenvalue weighted by atomic mass is 10.0. The molecule has 3 nitrogen and oxygen atoms in total. The molecule has 1 aliphatic heterocycles. The summed E-state index contributed by atoms with van der Waals surface area (Å²) in [6, 6.07) is 10.1. The second-order valence-corrected chi connectivity index (χ2v) is 4.54. The fourth-order valence-electron chi connectivity index (χ4n) is 2.22. The van der Waals surface area contributed by atoms with E-state index in [0.717, 1.165) is 17.9 Å². The van der Waals surface area contributed by atoms with Gasteiger partial charge in [0.2, 0.25) is 0 Å². The van der Waals surface area contributed by atoms with E-state index in [9.17, 15) is 0 Å². The van der Waals surface area contributed by atoms with E-state index in [1.165, 1.54) is 11.1 Å². The molecular weight excluding hydrogens is 246 g/mol. The van der Waals surface area contributed by atoms with Crippen LogP contribution >= 0.6 is 0 Å². The van der Waals surface area contributed by atoms with Gasteiger partial charge in [-0.15, -0.1) is 0 Å². The predicted molar refractivity (Wildman–Crippen MR) is 80.6 cm³/mol. The topological polar surface area (TPSA) is 50.8 Å². The van der Waals surface area contributed by atoms with Gasteiger partial charge in [-0.1, -0.05) is 17.7 Å². The van der Waals surface area contributed by atoms with Crippen LogP contribution in [-0.2, 0) is 0 Å². The van der Waals surface area contributed by atoms with E-state index in [0.29, 0.717) is 0 Å². The number of benzene rings is 1. The van der Waals surface area contributed by atoms with Crippen LogP contribution in [0.4, 0.5) is 5.69 Å². The Labute approximate surface area is 119 Å². The summed E-state index contributed by atoms with van der Waals surface area (Å²) in [6.07, 6.45) is 7.44. The van der Waals surface area contributed by atoms with Gasteiger partial charge in [0, 0.05) is 17.9 Å². The molecule has 0 atom stereocenters. The molecule has 2 rings (SSSR count). The van der Waals surface area contributed by atoms with Gasteiger partial charge in [0.25, 0.3) is 0 Å². The van der Waals surface area contributed by atoms with Crippen molar-refractivity contribution in [1.29, 1.82) is 10.5 Å². The molecule has 1 aromatic rings. The summed E-state index contributed by atoms with van der Waals surface area (Å²) >= 11 is 0. The summed E-state index contributed by atoms with van der Waals surface area (Å²) < 4.78 is 0. The lowest BCUT2D eigenvalue weighted by Crippen LogP contribution is -2.23.